The van der Waals surface area contributed by atoms with Gasteiger partial charge in [0.2, 0.25) is 0 Å². The maximum Gasteiger partial charge on any atom is 0.172 e. The predicted octanol–water partition coefficient (Wildman–Crippen LogP) is 3.74. The van der Waals surface area contributed by atoms with Crippen LogP contribution in [0.1, 0.15) is 59.8 Å². The first-order chi connectivity index (χ1) is 7.48. The molecule has 3 atom stereocenters. The van der Waals surface area contributed by atoms with Gasteiger partial charge < -0.3 is 9.47 Å². The topological polar surface area (TPSA) is 18.5 Å². The van der Waals surface area contributed by atoms with Crippen molar-refractivity contribution in [2.45, 2.75) is 71.7 Å². The van der Waals surface area contributed by atoms with E-state index in [-0.39, 0.29) is 11.2 Å². The minimum atomic E-state index is -0.253. The van der Waals surface area contributed by atoms with Gasteiger partial charge in [0.25, 0.3) is 0 Å². The normalized spacial score (nSPS) is 40.5. The zero-order valence-corrected chi connectivity index (χ0v) is 11.2. The van der Waals surface area contributed by atoms with E-state index < -0.39 is 0 Å². The molecular formula is C14H26O2. The van der Waals surface area contributed by atoms with E-state index in [0.29, 0.717) is 12.0 Å². The maximum atomic E-state index is 6.26. The van der Waals surface area contributed by atoms with Crippen molar-refractivity contribution in [3.8, 4) is 0 Å². The van der Waals surface area contributed by atoms with Gasteiger partial charge in [0, 0.05) is 12.3 Å². The smallest absolute Gasteiger partial charge is 0.172 e. The maximum absolute atomic E-state index is 6.26. The fourth-order valence-corrected chi connectivity index (χ4v) is 3.31. The van der Waals surface area contributed by atoms with Gasteiger partial charge in [-0.05, 0) is 24.7 Å². The van der Waals surface area contributed by atoms with Crippen LogP contribution in [0.2, 0.25) is 0 Å². The molecule has 0 N–H and O–H groups in total. The van der Waals surface area contributed by atoms with Crippen LogP contribution in [0.25, 0.3) is 0 Å². The van der Waals surface area contributed by atoms with Crippen molar-refractivity contribution in [3.05, 3.63) is 0 Å². The second kappa shape index (κ2) is 4.30. The zero-order valence-electron chi connectivity index (χ0n) is 11.2. The second-order valence-corrected chi connectivity index (χ2v) is 6.44. The van der Waals surface area contributed by atoms with E-state index in [9.17, 15) is 0 Å². The van der Waals surface area contributed by atoms with Crippen molar-refractivity contribution in [3.63, 3.8) is 0 Å². The molecule has 94 valence electrons. The summed E-state index contributed by atoms with van der Waals surface area (Å²) in [5.74, 6) is 0.294. The summed E-state index contributed by atoms with van der Waals surface area (Å²) in [5.41, 5.74) is 0.281. The van der Waals surface area contributed by atoms with Crippen molar-refractivity contribution >= 4 is 0 Å². The molecule has 16 heavy (non-hydrogen) atoms. The van der Waals surface area contributed by atoms with Crippen LogP contribution in [0.3, 0.4) is 0 Å². The van der Waals surface area contributed by atoms with Crippen LogP contribution in [0.5, 0.6) is 0 Å². The molecule has 2 aliphatic rings. The van der Waals surface area contributed by atoms with E-state index in [4.69, 9.17) is 9.47 Å². The van der Waals surface area contributed by atoms with Gasteiger partial charge in [0.1, 0.15) is 0 Å². The lowest BCUT2D eigenvalue weighted by molar-refractivity contribution is -0.242. The third-order valence-electron chi connectivity index (χ3n) is 4.18. The summed E-state index contributed by atoms with van der Waals surface area (Å²) >= 11 is 0. The van der Waals surface area contributed by atoms with E-state index in [2.05, 4.69) is 27.7 Å². The lowest BCUT2D eigenvalue weighted by Crippen LogP contribution is -2.48. The molecule has 1 aliphatic heterocycles. The third kappa shape index (κ3) is 2.14. The van der Waals surface area contributed by atoms with Crippen molar-refractivity contribution in [2.24, 2.45) is 11.3 Å². The Balaban J connectivity index is 2.16. The Bertz CT molecular complexity index is 244. The fourth-order valence-electron chi connectivity index (χ4n) is 3.31. The quantitative estimate of drug-likeness (QED) is 0.678. The molecule has 1 heterocycles. The van der Waals surface area contributed by atoms with E-state index >= 15 is 0 Å². The van der Waals surface area contributed by atoms with Gasteiger partial charge in [-0.2, -0.15) is 0 Å². The van der Waals surface area contributed by atoms with Crippen molar-refractivity contribution in [1.29, 1.82) is 0 Å². The minimum absolute atomic E-state index is 0.253. The molecule has 0 amide bonds. The van der Waals surface area contributed by atoms with Crippen molar-refractivity contribution in [1.82, 2.24) is 0 Å². The Morgan fingerprint density at radius 2 is 2.00 bits per heavy atom. The van der Waals surface area contributed by atoms with Gasteiger partial charge in [-0.1, -0.05) is 34.1 Å². The number of hydrogen-bond acceptors (Lipinski definition) is 2. The van der Waals surface area contributed by atoms with Crippen molar-refractivity contribution in [2.75, 3.05) is 6.61 Å². The van der Waals surface area contributed by atoms with E-state index in [0.717, 1.165) is 19.4 Å². The molecular weight excluding hydrogens is 200 g/mol. The number of rotatable bonds is 1. The third-order valence-corrected chi connectivity index (χ3v) is 4.18. The average Bonchev–Trinajstić information content (AvgIpc) is 2.61. The van der Waals surface area contributed by atoms with Crippen LogP contribution in [-0.2, 0) is 9.47 Å². The Labute approximate surface area is 99.7 Å². The summed E-state index contributed by atoms with van der Waals surface area (Å²) in [6.45, 7) is 9.93. The Morgan fingerprint density at radius 3 is 2.56 bits per heavy atom. The Hall–Kier alpha value is -0.0800. The highest BCUT2D eigenvalue weighted by atomic mass is 16.7. The summed E-state index contributed by atoms with van der Waals surface area (Å²) in [7, 11) is 0. The Kier molecular flexibility index (Phi) is 3.33. The highest BCUT2D eigenvalue weighted by Crippen LogP contribution is 2.49. The monoisotopic (exact) mass is 226 g/mol. The van der Waals surface area contributed by atoms with Crippen LogP contribution < -0.4 is 0 Å². The number of ether oxygens (including phenoxy) is 2. The molecule has 1 saturated carbocycles. The van der Waals surface area contributed by atoms with Gasteiger partial charge in [0.15, 0.2) is 5.79 Å². The largest absolute Gasteiger partial charge is 0.347 e. The summed E-state index contributed by atoms with van der Waals surface area (Å²) in [4.78, 5) is 0. The van der Waals surface area contributed by atoms with Crippen molar-refractivity contribution < 1.29 is 9.47 Å². The van der Waals surface area contributed by atoms with Gasteiger partial charge in [0.05, 0.1) is 12.7 Å². The molecule has 1 saturated heterocycles. The fraction of sp³-hybridized carbons (Fsp3) is 1.00. The second-order valence-electron chi connectivity index (χ2n) is 6.44. The SMILES string of the molecule is CCC1COC2(CCCCC2C(C)(C)C)O1. The van der Waals surface area contributed by atoms with Crippen LogP contribution in [0.15, 0.2) is 0 Å². The highest BCUT2D eigenvalue weighted by Gasteiger charge is 2.52. The van der Waals surface area contributed by atoms with Crippen LogP contribution >= 0.6 is 0 Å². The first kappa shape index (κ1) is 12.4. The summed E-state index contributed by atoms with van der Waals surface area (Å²) in [6.07, 6.45) is 6.31. The standard InChI is InChI=1S/C14H26O2/c1-5-11-10-15-14(16-11)9-7-6-8-12(14)13(2,3)4/h11-12H,5-10H2,1-4H3. The molecule has 1 spiro atoms. The molecule has 0 bridgehead atoms. The molecule has 1 aliphatic carbocycles. The lowest BCUT2D eigenvalue weighted by atomic mass is 9.68. The minimum Gasteiger partial charge on any atom is -0.347 e. The molecule has 0 radical (unpaired) electrons. The summed E-state index contributed by atoms with van der Waals surface area (Å²) in [6, 6.07) is 0. The van der Waals surface area contributed by atoms with Gasteiger partial charge in [-0.25, -0.2) is 0 Å². The molecule has 0 aromatic rings. The molecule has 3 unspecified atom stereocenters. The van der Waals surface area contributed by atoms with Gasteiger partial charge in [-0.3, -0.25) is 0 Å². The molecule has 2 nitrogen and oxygen atoms in total. The molecule has 0 aromatic carbocycles. The first-order valence-corrected chi connectivity index (χ1v) is 6.80. The van der Waals surface area contributed by atoms with Crippen LogP contribution in [0.4, 0.5) is 0 Å². The summed E-state index contributed by atoms with van der Waals surface area (Å²) < 4.78 is 12.4. The molecule has 2 heteroatoms. The van der Waals surface area contributed by atoms with E-state index in [1.165, 1.54) is 19.3 Å². The molecule has 0 aromatic heterocycles. The van der Waals surface area contributed by atoms with E-state index in [1.54, 1.807) is 0 Å². The van der Waals surface area contributed by atoms with Crippen LogP contribution in [0, 0.1) is 11.3 Å². The zero-order chi connectivity index (χ0) is 11.8. The van der Waals surface area contributed by atoms with Gasteiger partial charge >= 0.3 is 0 Å². The Morgan fingerprint density at radius 1 is 1.25 bits per heavy atom. The lowest BCUT2D eigenvalue weighted by Gasteiger charge is -2.46. The molecule has 2 rings (SSSR count). The number of hydrogen-bond donors (Lipinski definition) is 0. The average molecular weight is 226 g/mol. The van der Waals surface area contributed by atoms with E-state index in [1.807, 2.05) is 0 Å². The first-order valence-electron chi connectivity index (χ1n) is 6.80. The molecule has 2 fully saturated rings. The van der Waals surface area contributed by atoms with Crippen LogP contribution in [-0.4, -0.2) is 18.5 Å². The predicted molar refractivity (Wildman–Crippen MR) is 65.3 cm³/mol. The summed E-state index contributed by atoms with van der Waals surface area (Å²) in [5, 5.41) is 0. The van der Waals surface area contributed by atoms with Gasteiger partial charge in [-0.15, -0.1) is 0 Å². The highest BCUT2D eigenvalue weighted by molar-refractivity contribution is 4.94.